The number of ether oxygens (including phenoxy) is 2. The maximum absolute atomic E-state index is 5.42. The van der Waals surface area contributed by atoms with E-state index in [1.807, 2.05) is 37.3 Å². The van der Waals surface area contributed by atoms with E-state index in [9.17, 15) is 0 Å². The van der Waals surface area contributed by atoms with Crippen molar-refractivity contribution in [3.8, 4) is 17.6 Å². The van der Waals surface area contributed by atoms with Crippen LogP contribution in [0.15, 0.2) is 40.9 Å². The highest BCUT2D eigenvalue weighted by atomic mass is 16.6. The summed E-state index contributed by atoms with van der Waals surface area (Å²) in [6.07, 6.45) is 0. The van der Waals surface area contributed by atoms with Gasteiger partial charge in [0.1, 0.15) is 5.75 Å². The van der Waals surface area contributed by atoms with Crippen molar-refractivity contribution in [2.45, 2.75) is 6.92 Å². The molecule has 0 radical (unpaired) electrons. The molecule has 78 valence electrons. The molecule has 0 aliphatic heterocycles. The Balaban J connectivity index is 2.05. The van der Waals surface area contributed by atoms with Crippen LogP contribution in [-0.2, 0) is 0 Å². The number of para-hydroxylation sites is 1. The molecule has 0 spiro atoms. The van der Waals surface area contributed by atoms with Gasteiger partial charge in [-0.1, -0.05) is 18.2 Å². The van der Waals surface area contributed by atoms with E-state index in [2.05, 4.69) is 5.16 Å². The van der Waals surface area contributed by atoms with Crippen LogP contribution < -0.4 is 9.47 Å². The molecule has 0 N–H and O–H groups in total. The van der Waals surface area contributed by atoms with Crippen molar-refractivity contribution >= 4 is 0 Å². The number of hydrogen-bond donors (Lipinski definition) is 0. The molecule has 0 fully saturated rings. The molecule has 0 saturated carbocycles. The zero-order chi connectivity index (χ0) is 10.5. The topological polar surface area (TPSA) is 44.5 Å². The monoisotopic (exact) mass is 205 g/mol. The van der Waals surface area contributed by atoms with Crippen LogP contribution in [0.3, 0.4) is 0 Å². The lowest BCUT2D eigenvalue weighted by Crippen LogP contribution is -1.88. The second kappa shape index (κ2) is 4.50. The average molecular weight is 205 g/mol. The third-order valence-corrected chi connectivity index (χ3v) is 1.72. The van der Waals surface area contributed by atoms with Crippen LogP contribution >= 0.6 is 0 Å². The van der Waals surface area contributed by atoms with Gasteiger partial charge in [0.15, 0.2) is 0 Å². The number of hydrogen-bond acceptors (Lipinski definition) is 4. The zero-order valence-corrected chi connectivity index (χ0v) is 8.34. The molecule has 0 saturated heterocycles. The molecule has 1 aromatic heterocycles. The van der Waals surface area contributed by atoms with Crippen LogP contribution in [0.5, 0.6) is 17.6 Å². The van der Waals surface area contributed by atoms with Gasteiger partial charge in [0.25, 0.3) is 5.88 Å². The summed E-state index contributed by atoms with van der Waals surface area (Å²) in [6, 6.07) is 11.0. The zero-order valence-electron chi connectivity index (χ0n) is 8.34. The highest BCUT2D eigenvalue weighted by Crippen LogP contribution is 2.23. The Kier molecular flexibility index (Phi) is 2.88. The molecule has 4 nitrogen and oxygen atoms in total. The summed E-state index contributed by atoms with van der Waals surface area (Å²) >= 11 is 0. The van der Waals surface area contributed by atoms with Crippen molar-refractivity contribution in [3.63, 3.8) is 0 Å². The number of benzene rings is 1. The van der Waals surface area contributed by atoms with Crippen molar-refractivity contribution in [1.82, 2.24) is 5.16 Å². The number of aromatic nitrogens is 1. The predicted octanol–water partition coefficient (Wildman–Crippen LogP) is 2.87. The van der Waals surface area contributed by atoms with Gasteiger partial charge in [-0.15, -0.1) is 0 Å². The second-order valence-corrected chi connectivity index (χ2v) is 2.83. The minimum atomic E-state index is 0.364. The van der Waals surface area contributed by atoms with Gasteiger partial charge in [0.2, 0.25) is 0 Å². The van der Waals surface area contributed by atoms with Gasteiger partial charge in [-0.25, -0.2) is 0 Å². The highest BCUT2D eigenvalue weighted by molar-refractivity contribution is 5.27. The van der Waals surface area contributed by atoms with E-state index in [4.69, 9.17) is 14.0 Å². The number of rotatable bonds is 4. The van der Waals surface area contributed by atoms with Crippen molar-refractivity contribution in [3.05, 3.63) is 36.4 Å². The van der Waals surface area contributed by atoms with E-state index in [-0.39, 0.29) is 0 Å². The average Bonchev–Trinajstić information content (AvgIpc) is 2.68. The van der Waals surface area contributed by atoms with Gasteiger partial charge in [0.05, 0.1) is 12.7 Å². The smallest absolute Gasteiger partial charge is 0.315 e. The van der Waals surface area contributed by atoms with Crippen LogP contribution in [-0.4, -0.2) is 11.8 Å². The van der Waals surface area contributed by atoms with Gasteiger partial charge in [0, 0.05) is 0 Å². The minimum absolute atomic E-state index is 0.364. The van der Waals surface area contributed by atoms with Gasteiger partial charge in [-0.2, -0.15) is 0 Å². The lowest BCUT2D eigenvalue weighted by Gasteiger charge is -1.98. The lowest BCUT2D eigenvalue weighted by atomic mass is 10.3. The van der Waals surface area contributed by atoms with Crippen LogP contribution in [0.25, 0.3) is 0 Å². The Morgan fingerprint density at radius 1 is 1.27 bits per heavy atom. The summed E-state index contributed by atoms with van der Waals surface area (Å²) in [5, 5.41) is 3.71. The van der Waals surface area contributed by atoms with Gasteiger partial charge < -0.3 is 14.0 Å². The third kappa shape index (κ3) is 2.49. The molecule has 2 rings (SSSR count). The van der Waals surface area contributed by atoms with Crippen molar-refractivity contribution in [2.75, 3.05) is 6.61 Å². The summed E-state index contributed by atoms with van der Waals surface area (Å²) in [5.41, 5.74) is 0. The molecule has 15 heavy (non-hydrogen) atoms. The summed E-state index contributed by atoms with van der Waals surface area (Å²) in [4.78, 5) is 0. The number of nitrogens with zero attached hydrogens (tertiary/aromatic N) is 1. The van der Waals surface area contributed by atoms with Gasteiger partial charge >= 0.3 is 5.95 Å². The summed E-state index contributed by atoms with van der Waals surface area (Å²) in [5.74, 6) is 1.47. The maximum atomic E-state index is 5.42. The second-order valence-electron chi connectivity index (χ2n) is 2.83. The minimum Gasteiger partial charge on any atom is -0.464 e. The first-order chi connectivity index (χ1) is 7.38. The third-order valence-electron chi connectivity index (χ3n) is 1.72. The molecule has 0 amide bonds. The molecule has 0 atom stereocenters. The van der Waals surface area contributed by atoms with Crippen molar-refractivity contribution in [1.29, 1.82) is 0 Å². The van der Waals surface area contributed by atoms with Gasteiger partial charge in [-0.3, -0.25) is 0 Å². The largest absolute Gasteiger partial charge is 0.464 e. The van der Waals surface area contributed by atoms with E-state index in [1.54, 1.807) is 6.07 Å². The fourth-order valence-electron chi connectivity index (χ4n) is 1.11. The molecule has 2 aromatic rings. The molecular weight excluding hydrogens is 194 g/mol. The first-order valence-electron chi connectivity index (χ1n) is 4.71. The standard InChI is InChI=1S/C11H11NO3/c1-2-13-11-8-10(12-15-11)14-9-6-4-3-5-7-9/h3-8H,2H2,1H3. The molecule has 0 unspecified atom stereocenters. The van der Waals surface area contributed by atoms with E-state index in [0.717, 1.165) is 0 Å². The molecule has 0 aliphatic rings. The summed E-state index contributed by atoms with van der Waals surface area (Å²) in [7, 11) is 0. The summed E-state index contributed by atoms with van der Waals surface area (Å²) in [6.45, 7) is 2.42. The van der Waals surface area contributed by atoms with Gasteiger partial charge in [-0.05, 0) is 24.2 Å². The molecule has 1 aromatic carbocycles. The van der Waals surface area contributed by atoms with E-state index >= 15 is 0 Å². The van der Waals surface area contributed by atoms with Crippen molar-refractivity contribution < 1.29 is 14.0 Å². The Labute approximate surface area is 87.4 Å². The first kappa shape index (κ1) is 9.58. The summed E-state index contributed by atoms with van der Waals surface area (Å²) < 4.78 is 15.4. The Morgan fingerprint density at radius 2 is 2.07 bits per heavy atom. The predicted molar refractivity (Wildman–Crippen MR) is 54.2 cm³/mol. The molecule has 0 bridgehead atoms. The Bertz CT molecular complexity index is 411. The Morgan fingerprint density at radius 3 is 2.80 bits per heavy atom. The first-order valence-corrected chi connectivity index (χ1v) is 4.71. The SMILES string of the molecule is CCOc1cc(Oc2ccccc2)no1. The Hall–Kier alpha value is -1.97. The fourth-order valence-corrected chi connectivity index (χ4v) is 1.11. The van der Waals surface area contributed by atoms with Crippen LogP contribution in [0.2, 0.25) is 0 Å². The lowest BCUT2D eigenvalue weighted by molar-refractivity contribution is 0.222. The highest BCUT2D eigenvalue weighted by Gasteiger charge is 2.05. The van der Waals surface area contributed by atoms with E-state index in [0.29, 0.717) is 24.2 Å². The van der Waals surface area contributed by atoms with E-state index in [1.165, 1.54) is 0 Å². The van der Waals surface area contributed by atoms with E-state index < -0.39 is 0 Å². The maximum Gasteiger partial charge on any atom is 0.315 e. The fraction of sp³-hybridized carbons (Fsp3) is 0.182. The van der Waals surface area contributed by atoms with Crippen molar-refractivity contribution in [2.24, 2.45) is 0 Å². The molecular formula is C11H11NO3. The molecule has 4 heteroatoms. The normalized spacial score (nSPS) is 9.93. The van der Waals surface area contributed by atoms with Crippen LogP contribution in [0.4, 0.5) is 0 Å². The molecule has 1 heterocycles. The van der Waals surface area contributed by atoms with Crippen LogP contribution in [0, 0.1) is 0 Å². The quantitative estimate of drug-likeness (QED) is 0.769. The molecule has 0 aliphatic carbocycles. The van der Waals surface area contributed by atoms with Crippen LogP contribution in [0.1, 0.15) is 6.92 Å².